The predicted octanol–water partition coefficient (Wildman–Crippen LogP) is 1.08. The van der Waals surface area contributed by atoms with Crippen molar-refractivity contribution in [1.82, 2.24) is 4.90 Å². The summed E-state index contributed by atoms with van der Waals surface area (Å²) >= 11 is 1.34. The fourth-order valence-corrected chi connectivity index (χ4v) is 2.64. The molecule has 0 saturated carbocycles. The standard InChI is InChI=1S/C14H15N3O3S/c1-16-14-17(2)13(19)11(21-14)7-9-3-5-10(6-4-9)20-8-12(15)18/h3-7H,8H2,1-2H3,(H2,15,18). The topological polar surface area (TPSA) is 85.0 Å². The van der Waals surface area contributed by atoms with Gasteiger partial charge in [0, 0.05) is 14.1 Å². The van der Waals surface area contributed by atoms with Crippen LogP contribution in [0.15, 0.2) is 34.2 Å². The van der Waals surface area contributed by atoms with Crippen molar-refractivity contribution in [3.8, 4) is 5.75 Å². The number of thioether (sulfide) groups is 1. The maximum Gasteiger partial charge on any atom is 0.266 e. The van der Waals surface area contributed by atoms with Gasteiger partial charge in [-0.25, -0.2) is 0 Å². The van der Waals surface area contributed by atoms with Gasteiger partial charge >= 0.3 is 0 Å². The predicted molar refractivity (Wildman–Crippen MR) is 82.8 cm³/mol. The second-order valence-electron chi connectivity index (χ2n) is 4.31. The Morgan fingerprint density at radius 1 is 1.43 bits per heavy atom. The van der Waals surface area contributed by atoms with Gasteiger partial charge in [0.2, 0.25) is 0 Å². The van der Waals surface area contributed by atoms with Crippen molar-refractivity contribution in [3.05, 3.63) is 34.7 Å². The second-order valence-corrected chi connectivity index (χ2v) is 5.31. The molecule has 0 atom stereocenters. The first-order valence-corrected chi connectivity index (χ1v) is 6.98. The summed E-state index contributed by atoms with van der Waals surface area (Å²) in [6, 6.07) is 7.05. The highest BCUT2D eigenvalue weighted by molar-refractivity contribution is 8.18. The summed E-state index contributed by atoms with van der Waals surface area (Å²) in [5.41, 5.74) is 5.87. The minimum Gasteiger partial charge on any atom is -0.484 e. The van der Waals surface area contributed by atoms with Crippen molar-refractivity contribution >= 4 is 34.8 Å². The van der Waals surface area contributed by atoms with E-state index < -0.39 is 5.91 Å². The van der Waals surface area contributed by atoms with E-state index in [1.165, 1.54) is 16.7 Å². The molecule has 6 nitrogen and oxygen atoms in total. The third kappa shape index (κ3) is 3.63. The highest BCUT2D eigenvalue weighted by Crippen LogP contribution is 2.31. The van der Waals surface area contributed by atoms with Crippen molar-refractivity contribution in [2.45, 2.75) is 0 Å². The van der Waals surface area contributed by atoms with E-state index in [4.69, 9.17) is 10.5 Å². The van der Waals surface area contributed by atoms with Crippen LogP contribution in [0.4, 0.5) is 0 Å². The summed E-state index contributed by atoms with van der Waals surface area (Å²) in [5.74, 6) is -0.0486. The minimum absolute atomic E-state index is 0.0744. The van der Waals surface area contributed by atoms with Crippen LogP contribution >= 0.6 is 11.8 Å². The van der Waals surface area contributed by atoms with E-state index in [0.717, 1.165) is 5.56 Å². The van der Waals surface area contributed by atoms with Crippen molar-refractivity contribution in [2.24, 2.45) is 10.7 Å². The molecule has 1 aliphatic rings. The molecule has 2 N–H and O–H groups in total. The number of hydrogen-bond acceptors (Lipinski definition) is 5. The molecule has 1 fully saturated rings. The molecule has 0 bridgehead atoms. The van der Waals surface area contributed by atoms with E-state index >= 15 is 0 Å². The average molecular weight is 305 g/mol. The van der Waals surface area contributed by atoms with Crippen LogP contribution in [0.2, 0.25) is 0 Å². The molecule has 1 aromatic rings. The molecule has 1 aromatic carbocycles. The van der Waals surface area contributed by atoms with Crippen LogP contribution in [-0.4, -0.2) is 42.6 Å². The SMILES string of the molecule is CN=C1SC(=Cc2ccc(OCC(N)=O)cc2)C(=O)N1C. The number of primary amides is 1. The molecular formula is C14H15N3O3S. The Balaban J connectivity index is 2.11. The molecular weight excluding hydrogens is 290 g/mol. The zero-order valence-electron chi connectivity index (χ0n) is 11.7. The average Bonchev–Trinajstić information content (AvgIpc) is 2.74. The third-order valence-electron chi connectivity index (χ3n) is 2.75. The summed E-state index contributed by atoms with van der Waals surface area (Å²) in [5, 5.41) is 0.674. The molecule has 2 rings (SSSR count). The molecule has 21 heavy (non-hydrogen) atoms. The molecule has 1 heterocycles. The molecule has 7 heteroatoms. The molecule has 110 valence electrons. The highest BCUT2D eigenvalue weighted by atomic mass is 32.2. The number of carbonyl (C=O) groups is 2. The fourth-order valence-electron chi connectivity index (χ4n) is 1.72. The summed E-state index contributed by atoms with van der Waals surface area (Å²) in [7, 11) is 3.35. The van der Waals surface area contributed by atoms with Crippen molar-refractivity contribution in [2.75, 3.05) is 20.7 Å². The quantitative estimate of drug-likeness (QED) is 0.844. The number of likely N-dealkylation sites (N-methyl/N-ethyl adjacent to an activating group) is 1. The maximum atomic E-state index is 12.0. The normalized spacial score (nSPS) is 18.6. The lowest BCUT2D eigenvalue weighted by Crippen LogP contribution is -2.23. The Morgan fingerprint density at radius 3 is 2.62 bits per heavy atom. The monoisotopic (exact) mass is 305 g/mol. The molecule has 0 radical (unpaired) electrons. The lowest BCUT2D eigenvalue weighted by molar-refractivity contribution is -0.121. The molecule has 0 unspecified atom stereocenters. The Bertz CT molecular complexity index is 623. The second kappa shape index (κ2) is 6.45. The van der Waals surface area contributed by atoms with Gasteiger partial charge in [-0.1, -0.05) is 12.1 Å². The third-order valence-corrected chi connectivity index (χ3v) is 3.91. The Labute approximate surface area is 126 Å². The number of carbonyl (C=O) groups excluding carboxylic acids is 2. The van der Waals surface area contributed by atoms with Gasteiger partial charge in [0.15, 0.2) is 11.8 Å². The zero-order valence-corrected chi connectivity index (χ0v) is 12.5. The number of rotatable bonds is 4. The van der Waals surface area contributed by atoms with Gasteiger partial charge in [-0.2, -0.15) is 0 Å². The van der Waals surface area contributed by atoms with E-state index in [0.29, 0.717) is 15.8 Å². The van der Waals surface area contributed by atoms with Crippen LogP contribution in [0.3, 0.4) is 0 Å². The van der Waals surface area contributed by atoms with E-state index in [1.54, 1.807) is 44.4 Å². The molecule has 2 amide bonds. The number of amides is 2. The molecule has 0 aromatic heterocycles. The molecule has 1 saturated heterocycles. The number of ether oxygens (including phenoxy) is 1. The molecule has 0 spiro atoms. The summed E-state index contributed by atoms with van der Waals surface area (Å²) in [6.45, 7) is -0.157. The number of hydrogen-bond donors (Lipinski definition) is 1. The first-order valence-electron chi connectivity index (χ1n) is 6.17. The van der Waals surface area contributed by atoms with Gasteiger partial charge < -0.3 is 10.5 Å². The van der Waals surface area contributed by atoms with E-state index in [9.17, 15) is 9.59 Å². The van der Waals surface area contributed by atoms with Crippen molar-refractivity contribution < 1.29 is 14.3 Å². The summed E-state index contributed by atoms with van der Waals surface area (Å²) in [6.07, 6.45) is 1.79. The first-order chi connectivity index (χ1) is 10.0. The maximum absolute atomic E-state index is 12.0. The van der Waals surface area contributed by atoms with Gasteiger partial charge in [-0.05, 0) is 35.5 Å². The van der Waals surface area contributed by atoms with E-state index in [2.05, 4.69) is 4.99 Å². The summed E-state index contributed by atoms with van der Waals surface area (Å²) in [4.78, 5) is 28.8. The smallest absolute Gasteiger partial charge is 0.266 e. The zero-order chi connectivity index (χ0) is 15.4. The Morgan fingerprint density at radius 2 is 2.10 bits per heavy atom. The van der Waals surface area contributed by atoms with Crippen LogP contribution in [0, 0.1) is 0 Å². The van der Waals surface area contributed by atoms with Crippen LogP contribution in [0.5, 0.6) is 5.75 Å². The van der Waals surface area contributed by atoms with Crippen molar-refractivity contribution in [1.29, 1.82) is 0 Å². The van der Waals surface area contributed by atoms with Crippen molar-refractivity contribution in [3.63, 3.8) is 0 Å². The number of nitrogens with zero attached hydrogens (tertiary/aromatic N) is 2. The lowest BCUT2D eigenvalue weighted by atomic mass is 10.2. The number of aliphatic imine (C=N–C) groups is 1. The van der Waals surface area contributed by atoms with Gasteiger partial charge in [0.1, 0.15) is 5.75 Å². The lowest BCUT2D eigenvalue weighted by Gasteiger charge is -2.05. The van der Waals surface area contributed by atoms with E-state index in [1.807, 2.05) is 0 Å². The van der Waals surface area contributed by atoms with Crippen LogP contribution in [0.1, 0.15) is 5.56 Å². The van der Waals surface area contributed by atoms with Gasteiger partial charge in [0.05, 0.1) is 4.91 Å². The minimum atomic E-state index is -0.524. The van der Waals surface area contributed by atoms with Crippen LogP contribution < -0.4 is 10.5 Å². The first kappa shape index (κ1) is 15.1. The highest BCUT2D eigenvalue weighted by Gasteiger charge is 2.29. The molecule has 0 aliphatic carbocycles. The Hall–Kier alpha value is -2.28. The fraction of sp³-hybridized carbons (Fsp3) is 0.214. The van der Waals surface area contributed by atoms with Gasteiger partial charge in [0.25, 0.3) is 11.8 Å². The number of benzene rings is 1. The molecule has 1 aliphatic heterocycles. The number of nitrogens with two attached hydrogens (primary N) is 1. The summed E-state index contributed by atoms with van der Waals surface area (Å²) < 4.78 is 5.17. The van der Waals surface area contributed by atoms with Crippen LogP contribution in [-0.2, 0) is 9.59 Å². The van der Waals surface area contributed by atoms with Gasteiger partial charge in [-0.15, -0.1) is 0 Å². The largest absolute Gasteiger partial charge is 0.484 e. The van der Waals surface area contributed by atoms with Gasteiger partial charge in [-0.3, -0.25) is 19.5 Å². The Kier molecular flexibility index (Phi) is 4.64. The van der Waals surface area contributed by atoms with Crippen LogP contribution in [0.25, 0.3) is 6.08 Å². The van der Waals surface area contributed by atoms with E-state index in [-0.39, 0.29) is 12.5 Å². The number of amidine groups is 1.